The molecule has 0 radical (unpaired) electrons. The van der Waals surface area contributed by atoms with Crippen LogP contribution in [-0.2, 0) is 5.41 Å². The number of thiophene rings is 1. The zero-order valence-electron chi connectivity index (χ0n) is 11.0. The standard InChI is InChI=1S/C14H17N3OS/c1-14(2,12-4-3-7-19-12)9-17-10-5-6-16-11(8-10)13(15)18/h3-8H,9H2,1-2H3,(H2,15,18)(H,16,17). The number of carbonyl (C=O) groups is 1. The van der Waals surface area contributed by atoms with E-state index in [1.807, 2.05) is 6.07 Å². The molecule has 2 rings (SSSR count). The highest BCUT2D eigenvalue weighted by atomic mass is 32.1. The Kier molecular flexibility index (Phi) is 3.85. The quantitative estimate of drug-likeness (QED) is 0.881. The molecule has 0 fully saturated rings. The number of carbonyl (C=O) groups excluding carboxylic acids is 1. The molecule has 0 atom stereocenters. The lowest BCUT2D eigenvalue weighted by molar-refractivity contribution is 0.0995. The van der Waals surface area contributed by atoms with E-state index in [1.165, 1.54) is 4.88 Å². The molecule has 100 valence electrons. The Morgan fingerprint density at radius 1 is 1.47 bits per heavy atom. The van der Waals surface area contributed by atoms with Crippen LogP contribution in [-0.4, -0.2) is 17.4 Å². The van der Waals surface area contributed by atoms with Crippen molar-refractivity contribution < 1.29 is 4.79 Å². The Balaban J connectivity index is 2.06. The predicted octanol–water partition coefficient (Wildman–Crippen LogP) is 2.63. The van der Waals surface area contributed by atoms with Gasteiger partial charge in [-0.15, -0.1) is 11.3 Å². The third kappa shape index (κ3) is 3.32. The summed E-state index contributed by atoms with van der Waals surface area (Å²) in [5, 5.41) is 5.41. The summed E-state index contributed by atoms with van der Waals surface area (Å²) in [6, 6.07) is 7.69. The van der Waals surface area contributed by atoms with E-state index >= 15 is 0 Å². The predicted molar refractivity (Wildman–Crippen MR) is 78.6 cm³/mol. The Morgan fingerprint density at radius 3 is 2.89 bits per heavy atom. The number of primary amides is 1. The van der Waals surface area contributed by atoms with Crippen molar-refractivity contribution in [2.75, 3.05) is 11.9 Å². The van der Waals surface area contributed by atoms with E-state index in [4.69, 9.17) is 5.73 Å². The van der Waals surface area contributed by atoms with E-state index in [0.717, 1.165) is 12.2 Å². The van der Waals surface area contributed by atoms with Crippen molar-refractivity contribution in [3.8, 4) is 0 Å². The second-order valence-corrected chi connectivity index (χ2v) is 5.96. The van der Waals surface area contributed by atoms with Gasteiger partial charge >= 0.3 is 0 Å². The zero-order chi connectivity index (χ0) is 13.9. The van der Waals surface area contributed by atoms with Crippen molar-refractivity contribution in [1.82, 2.24) is 4.98 Å². The lowest BCUT2D eigenvalue weighted by Crippen LogP contribution is -2.26. The van der Waals surface area contributed by atoms with Crippen molar-refractivity contribution in [3.63, 3.8) is 0 Å². The molecular formula is C14H17N3OS. The van der Waals surface area contributed by atoms with E-state index in [0.29, 0.717) is 0 Å². The maximum Gasteiger partial charge on any atom is 0.267 e. The van der Waals surface area contributed by atoms with E-state index in [9.17, 15) is 4.79 Å². The number of nitrogens with two attached hydrogens (primary N) is 1. The summed E-state index contributed by atoms with van der Waals surface area (Å²) in [7, 11) is 0. The Bertz CT molecular complexity index is 564. The summed E-state index contributed by atoms with van der Waals surface area (Å²) in [6.45, 7) is 5.14. The van der Waals surface area contributed by atoms with Crippen LogP contribution in [0.15, 0.2) is 35.8 Å². The summed E-state index contributed by atoms with van der Waals surface area (Å²) in [5.41, 5.74) is 6.38. The van der Waals surface area contributed by atoms with Gasteiger partial charge in [0.1, 0.15) is 5.69 Å². The minimum atomic E-state index is -0.513. The van der Waals surface area contributed by atoms with Gasteiger partial charge in [-0.25, -0.2) is 0 Å². The molecule has 0 unspecified atom stereocenters. The fourth-order valence-corrected chi connectivity index (χ4v) is 2.60. The zero-order valence-corrected chi connectivity index (χ0v) is 11.8. The van der Waals surface area contributed by atoms with Crippen molar-refractivity contribution in [2.24, 2.45) is 5.73 Å². The first kappa shape index (κ1) is 13.5. The SMILES string of the molecule is CC(C)(CNc1ccnc(C(N)=O)c1)c1cccs1. The van der Waals surface area contributed by atoms with Crippen molar-refractivity contribution in [1.29, 1.82) is 0 Å². The topological polar surface area (TPSA) is 68.0 Å². The smallest absolute Gasteiger partial charge is 0.267 e. The molecule has 0 spiro atoms. The van der Waals surface area contributed by atoms with Crippen LogP contribution in [0.25, 0.3) is 0 Å². The molecule has 0 aliphatic rings. The van der Waals surface area contributed by atoms with Gasteiger partial charge in [0.25, 0.3) is 5.91 Å². The minimum absolute atomic E-state index is 0.0321. The maximum absolute atomic E-state index is 11.1. The molecule has 0 aliphatic carbocycles. The number of hydrogen-bond donors (Lipinski definition) is 2. The minimum Gasteiger partial charge on any atom is -0.384 e. The highest BCUT2D eigenvalue weighted by molar-refractivity contribution is 7.10. The molecule has 4 nitrogen and oxygen atoms in total. The number of nitrogens with zero attached hydrogens (tertiary/aromatic N) is 1. The van der Waals surface area contributed by atoms with Gasteiger partial charge in [-0.1, -0.05) is 19.9 Å². The number of anilines is 1. The Hall–Kier alpha value is -1.88. The fraction of sp³-hybridized carbons (Fsp3) is 0.286. The van der Waals surface area contributed by atoms with Crippen molar-refractivity contribution in [2.45, 2.75) is 19.3 Å². The van der Waals surface area contributed by atoms with Gasteiger partial charge in [0, 0.05) is 28.7 Å². The second-order valence-electron chi connectivity index (χ2n) is 5.01. The molecule has 19 heavy (non-hydrogen) atoms. The fourth-order valence-electron chi connectivity index (χ4n) is 1.75. The van der Waals surface area contributed by atoms with Gasteiger partial charge in [0.05, 0.1) is 0 Å². The highest BCUT2D eigenvalue weighted by Crippen LogP contribution is 2.27. The molecule has 0 saturated carbocycles. The number of amides is 1. The molecule has 0 aliphatic heterocycles. The first-order valence-electron chi connectivity index (χ1n) is 6.03. The van der Waals surface area contributed by atoms with Crippen LogP contribution in [0.1, 0.15) is 29.2 Å². The summed E-state index contributed by atoms with van der Waals surface area (Å²) < 4.78 is 0. The van der Waals surface area contributed by atoms with E-state index in [2.05, 4.69) is 41.7 Å². The van der Waals surface area contributed by atoms with Gasteiger partial charge in [0.15, 0.2) is 0 Å². The van der Waals surface area contributed by atoms with Crippen LogP contribution in [0.3, 0.4) is 0 Å². The van der Waals surface area contributed by atoms with E-state index in [1.54, 1.807) is 23.6 Å². The van der Waals surface area contributed by atoms with Crippen LogP contribution in [0.2, 0.25) is 0 Å². The van der Waals surface area contributed by atoms with Crippen LogP contribution in [0, 0.1) is 0 Å². The summed E-state index contributed by atoms with van der Waals surface area (Å²) in [6.07, 6.45) is 1.58. The van der Waals surface area contributed by atoms with E-state index < -0.39 is 5.91 Å². The van der Waals surface area contributed by atoms with Gasteiger partial charge in [-0.05, 0) is 23.6 Å². The molecule has 2 aromatic heterocycles. The number of nitrogens with one attached hydrogen (secondary N) is 1. The van der Waals surface area contributed by atoms with Crippen molar-refractivity contribution >= 4 is 22.9 Å². The van der Waals surface area contributed by atoms with Gasteiger partial charge in [0.2, 0.25) is 0 Å². The molecule has 5 heteroatoms. The van der Waals surface area contributed by atoms with Crippen molar-refractivity contribution in [3.05, 3.63) is 46.4 Å². The van der Waals surface area contributed by atoms with E-state index in [-0.39, 0.29) is 11.1 Å². The molecule has 0 saturated heterocycles. The maximum atomic E-state index is 11.1. The first-order valence-corrected chi connectivity index (χ1v) is 6.91. The van der Waals surface area contributed by atoms with Gasteiger partial charge in [-0.2, -0.15) is 0 Å². The number of aromatic nitrogens is 1. The molecule has 0 aromatic carbocycles. The number of pyridine rings is 1. The van der Waals surface area contributed by atoms with Gasteiger partial charge in [-0.3, -0.25) is 9.78 Å². The Morgan fingerprint density at radius 2 is 2.26 bits per heavy atom. The van der Waals surface area contributed by atoms with Crippen LogP contribution >= 0.6 is 11.3 Å². The molecular weight excluding hydrogens is 258 g/mol. The Labute approximate surface area is 116 Å². The van der Waals surface area contributed by atoms with Gasteiger partial charge < -0.3 is 11.1 Å². The third-order valence-electron chi connectivity index (χ3n) is 2.94. The lowest BCUT2D eigenvalue weighted by atomic mass is 9.91. The van der Waals surface area contributed by atoms with Crippen LogP contribution in [0.5, 0.6) is 0 Å². The molecule has 1 amide bonds. The average molecular weight is 275 g/mol. The summed E-state index contributed by atoms with van der Waals surface area (Å²) in [5.74, 6) is -0.513. The normalized spacial score (nSPS) is 11.3. The average Bonchev–Trinajstić information content (AvgIpc) is 2.91. The molecule has 0 bridgehead atoms. The lowest BCUT2D eigenvalue weighted by Gasteiger charge is -2.24. The van der Waals surface area contributed by atoms with Crippen LogP contribution < -0.4 is 11.1 Å². The van der Waals surface area contributed by atoms with Crippen LogP contribution in [0.4, 0.5) is 5.69 Å². The summed E-state index contributed by atoms with van der Waals surface area (Å²) in [4.78, 5) is 16.3. The number of hydrogen-bond acceptors (Lipinski definition) is 4. The summed E-state index contributed by atoms with van der Waals surface area (Å²) >= 11 is 1.75. The largest absolute Gasteiger partial charge is 0.384 e. The highest BCUT2D eigenvalue weighted by Gasteiger charge is 2.21. The molecule has 3 N–H and O–H groups in total. The second kappa shape index (κ2) is 5.40. The monoisotopic (exact) mass is 275 g/mol. The molecule has 2 heterocycles. The number of rotatable bonds is 5. The third-order valence-corrected chi connectivity index (χ3v) is 4.17. The first-order chi connectivity index (χ1) is 8.99. The molecule has 2 aromatic rings.